The van der Waals surface area contributed by atoms with Crippen LogP contribution in [0, 0.1) is 0 Å². The first-order chi connectivity index (χ1) is 9.74. The molecule has 2 heteroatoms. The molecule has 2 N–H and O–H groups in total. The second kappa shape index (κ2) is 6.11. The lowest BCUT2D eigenvalue weighted by Crippen LogP contribution is -2.31. The lowest BCUT2D eigenvalue weighted by atomic mass is 9.86. The highest BCUT2D eigenvalue weighted by atomic mass is 15.1. The Morgan fingerprint density at radius 1 is 1.20 bits per heavy atom. The third-order valence-corrected chi connectivity index (χ3v) is 4.78. The summed E-state index contributed by atoms with van der Waals surface area (Å²) in [5, 5.41) is 0. The zero-order valence-electron chi connectivity index (χ0n) is 12.4. The van der Waals surface area contributed by atoms with E-state index in [1.165, 1.54) is 67.5 Å². The first kappa shape index (κ1) is 13.8. The van der Waals surface area contributed by atoms with Crippen LogP contribution in [0.2, 0.25) is 0 Å². The van der Waals surface area contributed by atoms with Gasteiger partial charge in [0.05, 0.1) is 0 Å². The molecule has 1 aliphatic heterocycles. The van der Waals surface area contributed by atoms with Crippen molar-refractivity contribution in [2.24, 2.45) is 5.73 Å². The van der Waals surface area contributed by atoms with E-state index in [1.807, 2.05) is 0 Å². The summed E-state index contributed by atoms with van der Waals surface area (Å²) in [7, 11) is 0. The van der Waals surface area contributed by atoms with Gasteiger partial charge in [0, 0.05) is 12.6 Å². The van der Waals surface area contributed by atoms with Crippen LogP contribution in [0.4, 0.5) is 0 Å². The van der Waals surface area contributed by atoms with Gasteiger partial charge in [-0.2, -0.15) is 0 Å². The average Bonchev–Trinajstić information content (AvgIpc) is 2.48. The Morgan fingerprint density at radius 2 is 2.00 bits per heavy atom. The summed E-state index contributed by atoms with van der Waals surface area (Å²) >= 11 is 0. The molecule has 0 radical (unpaired) electrons. The maximum atomic E-state index is 6.19. The van der Waals surface area contributed by atoms with Gasteiger partial charge < -0.3 is 5.73 Å². The Labute approximate surface area is 122 Å². The smallest absolute Gasteiger partial charge is 0.0297 e. The third kappa shape index (κ3) is 2.97. The molecule has 108 valence electrons. The van der Waals surface area contributed by atoms with E-state index >= 15 is 0 Å². The average molecular weight is 270 g/mol. The number of nitrogens with zero attached hydrogens (tertiary/aromatic N) is 1. The maximum Gasteiger partial charge on any atom is 0.0297 e. The topological polar surface area (TPSA) is 29.3 Å². The molecule has 2 nitrogen and oxygen atoms in total. The fraction of sp³-hybridized carbons (Fsp3) is 0.556. The number of aryl methyl sites for hydroxylation is 1. The maximum absolute atomic E-state index is 6.19. The molecule has 3 rings (SSSR count). The van der Waals surface area contributed by atoms with Crippen molar-refractivity contribution in [3.63, 3.8) is 0 Å². The summed E-state index contributed by atoms with van der Waals surface area (Å²) in [6.45, 7) is 7.79. The van der Waals surface area contributed by atoms with Gasteiger partial charge >= 0.3 is 0 Å². The molecule has 1 aliphatic carbocycles. The van der Waals surface area contributed by atoms with Gasteiger partial charge in [0.1, 0.15) is 0 Å². The van der Waals surface area contributed by atoms with E-state index in [2.05, 4.69) is 29.7 Å². The van der Waals surface area contributed by atoms with Crippen molar-refractivity contribution in [2.75, 3.05) is 19.6 Å². The molecule has 1 aromatic rings. The molecule has 0 bridgehead atoms. The number of nitrogens with two attached hydrogens (primary N) is 1. The van der Waals surface area contributed by atoms with Gasteiger partial charge in [-0.15, -0.1) is 0 Å². The van der Waals surface area contributed by atoms with E-state index in [4.69, 9.17) is 5.73 Å². The van der Waals surface area contributed by atoms with Crippen molar-refractivity contribution in [3.05, 3.63) is 41.5 Å². The molecule has 20 heavy (non-hydrogen) atoms. The summed E-state index contributed by atoms with van der Waals surface area (Å²) in [6, 6.07) is 7.02. The number of rotatable bonds is 3. The lowest BCUT2D eigenvalue weighted by molar-refractivity contribution is 0.255. The molecule has 1 fully saturated rings. The van der Waals surface area contributed by atoms with Crippen molar-refractivity contribution in [1.29, 1.82) is 0 Å². The molecule has 0 spiro atoms. The number of benzene rings is 1. The van der Waals surface area contributed by atoms with Crippen LogP contribution in [-0.4, -0.2) is 24.5 Å². The van der Waals surface area contributed by atoms with E-state index in [0.717, 1.165) is 13.0 Å². The number of likely N-dealkylation sites (tertiary alicyclic amines) is 1. The van der Waals surface area contributed by atoms with Gasteiger partial charge in [0.2, 0.25) is 0 Å². The van der Waals surface area contributed by atoms with Crippen molar-refractivity contribution in [2.45, 2.75) is 44.6 Å². The summed E-state index contributed by atoms with van der Waals surface area (Å²) in [5.41, 5.74) is 11.6. The molecule has 1 atom stereocenters. The van der Waals surface area contributed by atoms with Crippen LogP contribution < -0.4 is 5.73 Å². The van der Waals surface area contributed by atoms with E-state index < -0.39 is 0 Å². The van der Waals surface area contributed by atoms with Crippen molar-refractivity contribution in [1.82, 2.24) is 4.90 Å². The predicted octanol–water partition coefficient (Wildman–Crippen LogP) is 3.52. The fourth-order valence-corrected chi connectivity index (χ4v) is 3.55. The highest BCUT2D eigenvalue weighted by Crippen LogP contribution is 2.30. The van der Waals surface area contributed by atoms with Crippen LogP contribution >= 0.6 is 0 Å². The Bertz CT molecular complexity index is 486. The number of piperidine rings is 1. The molecule has 1 unspecified atom stereocenters. The van der Waals surface area contributed by atoms with Crippen LogP contribution in [0.15, 0.2) is 24.8 Å². The van der Waals surface area contributed by atoms with Crippen molar-refractivity contribution >= 4 is 5.57 Å². The molecule has 1 heterocycles. The summed E-state index contributed by atoms with van der Waals surface area (Å²) < 4.78 is 0. The van der Waals surface area contributed by atoms with Crippen molar-refractivity contribution < 1.29 is 0 Å². The van der Waals surface area contributed by atoms with Crippen LogP contribution in [-0.2, 0) is 6.42 Å². The summed E-state index contributed by atoms with van der Waals surface area (Å²) in [4.78, 5) is 2.54. The first-order valence-electron chi connectivity index (χ1n) is 8.03. The highest BCUT2D eigenvalue weighted by Gasteiger charge is 2.18. The van der Waals surface area contributed by atoms with Crippen molar-refractivity contribution in [3.8, 4) is 0 Å². The zero-order valence-corrected chi connectivity index (χ0v) is 12.4. The van der Waals surface area contributed by atoms with E-state index in [-0.39, 0.29) is 6.04 Å². The second-order valence-electron chi connectivity index (χ2n) is 6.35. The second-order valence-corrected chi connectivity index (χ2v) is 6.35. The van der Waals surface area contributed by atoms with Gasteiger partial charge in [-0.05, 0) is 67.5 Å². The van der Waals surface area contributed by atoms with E-state index in [0.29, 0.717) is 0 Å². The monoisotopic (exact) mass is 270 g/mol. The van der Waals surface area contributed by atoms with Gasteiger partial charge in [-0.3, -0.25) is 4.90 Å². The highest BCUT2D eigenvalue weighted by molar-refractivity contribution is 5.66. The normalized spacial score (nSPS) is 23.4. The van der Waals surface area contributed by atoms with E-state index in [1.54, 1.807) is 0 Å². The Balaban J connectivity index is 1.71. The van der Waals surface area contributed by atoms with Crippen LogP contribution in [0.1, 0.15) is 54.8 Å². The van der Waals surface area contributed by atoms with Gasteiger partial charge in [-0.25, -0.2) is 0 Å². The molecule has 1 aromatic carbocycles. The minimum atomic E-state index is 0.239. The van der Waals surface area contributed by atoms with Gasteiger partial charge in [0.15, 0.2) is 0 Å². The Hall–Kier alpha value is -1.12. The molecule has 2 aliphatic rings. The number of hydrogen-bond donors (Lipinski definition) is 1. The van der Waals surface area contributed by atoms with Crippen LogP contribution in [0.5, 0.6) is 0 Å². The van der Waals surface area contributed by atoms with Gasteiger partial charge in [-0.1, -0.05) is 31.2 Å². The first-order valence-corrected chi connectivity index (χ1v) is 8.03. The van der Waals surface area contributed by atoms with Crippen LogP contribution in [0.25, 0.3) is 5.57 Å². The minimum Gasteiger partial charge on any atom is -0.324 e. The Morgan fingerprint density at radius 3 is 2.80 bits per heavy atom. The van der Waals surface area contributed by atoms with Crippen LogP contribution in [0.3, 0.4) is 0 Å². The summed E-state index contributed by atoms with van der Waals surface area (Å²) in [5.74, 6) is 0. The molecule has 1 saturated heterocycles. The Kier molecular flexibility index (Phi) is 4.23. The largest absolute Gasteiger partial charge is 0.324 e. The minimum absolute atomic E-state index is 0.239. The fourth-order valence-electron chi connectivity index (χ4n) is 3.55. The molecular formula is C18H26N2. The quantitative estimate of drug-likeness (QED) is 0.910. The molecule has 0 aromatic heterocycles. The number of hydrogen-bond acceptors (Lipinski definition) is 2. The lowest BCUT2D eigenvalue weighted by Gasteiger charge is -2.28. The molecule has 0 amide bonds. The van der Waals surface area contributed by atoms with Gasteiger partial charge in [0.25, 0.3) is 0 Å². The SMILES string of the molecule is C=C(CN1CCCCC1)c1ccc2c(c1)CCCC2N. The predicted molar refractivity (Wildman–Crippen MR) is 85.6 cm³/mol. The summed E-state index contributed by atoms with van der Waals surface area (Å²) in [6.07, 6.45) is 7.59. The zero-order chi connectivity index (χ0) is 13.9. The third-order valence-electron chi connectivity index (χ3n) is 4.78. The standard InChI is InChI=1S/C18H26N2/c1-14(13-20-10-3-2-4-11-20)15-8-9-17-16(12-15)6-5-7-18(17)19/h8-9,12,18H,1-7,10-11,13,19H2. The van der Waals surface area contributed by atoms with E-state index in [9.17, 15) is 0 Å². The number of fused-ring (bicyclic) bond motifs is 1. The molecular weight excluding hydrogens is 244 g/mol. The molecule has 0 saturated carbocycles.